The summed E-state index contributed by atoms with van der Waals surface area (Å²) < 4.78 is 31.2. The normalized spacial score (nSPS) is 15.1. The lowest BCUT2D eigenvalue weighted by Crippen LogP contribution is -2.37. The Morgan fingerprint density at radius 3 is 2.61 bits per heavy atom. The van der Waals surface area contributed by atoms with Crippen LogP contribution in [0, 0.1) is 0 Å². The zero-order chi connectivity index (χ0) is 21.6. The molecule has 31 heavy (non-hydrogen) atoms. The summed E-state index contributed by atoms with van der Waals surface area (Å²) in [5.41, 5.74) is 2.84. The molecule has 0 amide bonds. The standard InChI is InChI=1S/C22H22N4O4S/c1-31(28,29)26-8-7-17-19(26)6-5-18-20(17)23-21(16-4-2-3-15(13-16)14-27)24-22(18)25-9-11-30-12-10-25/h2-8,13,27H,9-12,14H2,1H3. The minimum atomic E-state index is -3.44. The third-order valence-electron chi connectivity index (χ3n) is 5.51. The minimum absolute atomic E-state index is 0.0702. The second-order valence-electron chi connectivity index (χ2n) is 7.60. The van der Waals surface area contributed by atoms with Crippen LogP contribution < -0.4 is 4.90 Å². The lowest BCUT2D eigenvalue weighted by molar-refractivity contribution is 0.122. The van der Waals surface area contributed by atoms with E-state index in [0.29, 0.717) is 43.2 Å². The van der Waals surface area contributed by atoms with Gasteiger partial charge in [0.05, 0.1) is 37.1 Å². The van der Waals surface area contributed by atoms with Crippen molar-refractivity contribution in [2.45, 2.75) is 6.61 Å². The fourth-order valence-corrected chi connectivity index (χ4v) is 4.81. The molecule has 0 saturated carbocycles. The molecule has 0 atom stereocenters. The molecule has 0 bridgehead atoms. The zero-order valence-corrected chi connectivity index (χ0v) is 17.8. The highest BCUT2D eigenvalue weighted by molar-refractivity contribution is 7.89. The molecule has 0 unspecified atom stereocenters. The van der Waals surface area contributed by atoms with Crippen molar-refractivity contribution in [1.29, 1.82) is 0 Å². The third-order valence-corrected chi connectivity index (χ3v) is 6.55. The predicted octanol–water partition coefficient (Wildman–Crippen LogP) is 2.39. The summed E-state index contributed by atoms with van der Waals surface area (Å²) in [6, 6.07) is 13.0. The first-order valence-corrected chi connectivity index (χ1v) is 11.9. The summed E-state index contributed by atoms with van der Waals surface area (Å²) in [4.78, 5) is 11.9. The number of ether oxygens (including phenoxy) is 1. The van der Waals surface area contributed by atoms with Crippen molar-refractivity contribution >= 4 is 37.6 Å². The van der Waals surface area contributed by atoms with Crippen molar-refractivity contribution in [3.63, 3.8) is 0 Å². The molecule has 0 spiro atoms. The number of morpholine rings is 1. The Balaban J connectivity index is 1.81. The summed E-state index contributed by atoms with van der Waals surface area (Å²) in [6.45, 7) is 2.59. The highest BCUT2D eigenvalue weighted by atomic mass is 32.2. The van der Waals surface area contributed by atoms with Crippen molar-refractivity contribution < 1.29 is 18.3 Å². The van der Waals surface area contributed by atoms with Crippen molar-refractivity contribution in [3.8, 4) is 11.4 Å². The van der Waals surface area contributed by atoms with E-state index in [2.05, 4.69) is 4.90 Å². The number of benzene rings is 2. The molecular formula is C22H22N4O4S. The van der Waals surface area contributed by atoms with Crippen LogP contribution in [0.3, 0.4) is 0 Å². The first kappa shape index (κ1) is 19.9. The molecule has 1 aliphatic heterocycles. The summed E-state index contributed by atoms with van der Waals surface area (Å²) in [6.07, 6.45) is 2.74. The molecule has 2 aromatic heterocycles. The van der Waals surface area contributed by atoms with Gasteiger partial charge in [-0.3, -0.25) is 0 Å². The summed E-state index contributed by atoms with van der Waals surface area (Å²) in [5, 5.41) is 11.1. The van der Waals surface area contributed by atoms with Gasteiger partial charge in [-0.15, -0.1) is 0 Å². The number of aliphatic hydroxyl groups is 1. The number of fused-ring (bicyclic) bond motifs is 3. The van der Waals surface area contributed by atoms with Crippen LogP contribution in [-0.4, -0.2) is 60.0 Å². The van der Waals surface area contributed by atoms with Gasteiger partial charge in [0.25, 0.3) is 0 Å². The van der Waals surface area contributed by atoms with E-state index in [0.717, 1.165) is 27.7 Å². The van der Waals surface area contributed by atoms with Crippen LogP contribution in [0.1, 0.15) is 5.56 Å². The number of anilines is 1. The second kappa shape index (κ2) is 7.60. The van der Waals surface area contributed by atoms with Crippen LogP contribution >= 0.6 is 0 Å². The molecule has 4 aromatic rings. The molecule has 1 fully saturated rings. The van der Waals surface area contributed by atoms with E-state index in [1.807, 2.05) is 30.3 Å². The van der Waals surface area contributed by atoms with E-state index in [9.17, 15) is 13.5 Å². The predicted molar refractivity (Wildman–Crippen MR) is 120 cm³/mol. The number of hydrogen-bond donors (Lipinski definition) is 1. The molecule has 1 aliphatic rings. The molecule has 0 radical (unpaired) electrons. The Morgan fingerprint density at radius 2 is 1.87 bits per heavy atom. The van der Waals surface area contributed by atoms with Crippen LogP contribution in [0.2, 0.25) is 0 Å². The van der Waals surface area contributed by atoms with Crippen LogP contribution in [0.4, 0.5) is 5.82 Å². The van der Waals surface area contributed by atoms with E-state index in [1.54, 1.807) is 18.3 Å². The van der Waals surface area contributed by atoms with Crippen molar-refractivity contribution in [3.05, 3.63) is 54.2 Å². The monoisotopic (exact) mass is 438 g/mol. The van der Waals surface area contributed by atoms with Gasteiger partial charge in [-0.1, -0.05) is 18.2 Å². The Morgan fingerprint density at radius 1 is 1.06 bits per heavy atom. The maximum absolute atomic E-state index is 12.2. The summed E-state index contributed by atoms with van der Waals surface area (Å²) in [5.74, 6) is 1.33. The average Bonchev–Trinajstić information content (AvgIpc) is 3.24. The average molecular weight is 439 g/mol. The van der Waals surface area contributed by atoms with Gasteiger partial charge in [0.1, 0.15) is 5.82 Å². The van der Waals surface area contributed by atoms with E-state index >= 15 is 0 Å². The smallest absolute Gasteiger partial charge is 0.236 e. The van der Waals surface area contributed by atoms with Gasteiger partial charge in [-0.25, -0.2) is 22.4 Å². The number of nitrogens with zero attached hydrogens (tertiary/aromatic N) is 4. The van der Waals surface area contributed by atoms with Gasteiger partial charge >= 0.3 is 0 Å². The number of aromatic nitrogens is 3. The van der Waals surface area contributed by atoms with Crippen LogP contribution in [-0.2, 0) is 21.4 Å². The molecule has 2 aromatic carbocycles. The Kier molecular flexibility index (Phi) is 4.88. The van der Waals surface area contributed by atoms with Crippen LogP contribution in [0.15, 0.2) is 48.7 Å². The van der Waals surface area contributed by atoms with Crippen LogP contribution in [0.25, 0.3) is 33.2 Å². The summed E-state index contributed by atoms with van der Waals surface area (Å²) >= 11 is 0. The fourth-order valence-electron chi connectivity index (χ4n) is 4.01. The maximum atomic E-state index is 12.2. The van der Waals surface area contributed by atoms with Gasteiger partial charge in [0.15, 0.2) is 5.82 Å². The lowest BCUT2D eigenvalue weighted by atomic mass is 10.1. The number of aliphatic hydroxyl groups excluding tert-OH is 1. The minimum Gasteiger partial charge on any atom is -0.392 e. The van der Waals surface area contributed by atoms with Crippen LogP contribution in [0.5, 0.6) is 0 Å². The molecule has 0 aliphatic carbocycles. The van der Waals surface area contributed by atoms with Gasteiger partial charge < -0.3 is 14.7 Å². The van der Waals surface area contributed by atoms with Gasteiger partial charge in [-0.2, -0.15) is 0 Å². The van der Waals surface area contributed by atoms with Crippen molar-refractivity contribution in [1.82, 2.24) is 13.9 Å². The van der Waals surface area contributed by atoms with Gasteiger partial charge in [0, 0.05) is 35.6 Å². The van der Waals surface area contributed by atoms with E-state index in [4.69, 9.17) is 14.7 Å². The van der Waals surface area contributed by atoms with E-state index < -0.39 is 10.0 Å². The SMILES string of the molecule is CS(=O)(=O)n1ccc2c3nc(-c4cccc(CO)c4)nc(N4CCOCC4)c3ccc21. The molecule has 3 heterocycles. The first-order chi connectivity index (χ1) is 15.0. The lowest BCUT2D eigenvalue weighted by Gasteiger charge is -2.29. The molecule has 5 rings (SSSR count). The fraction of sp³-hybridized carbons (Fsp3) is 0.273. The summed E-state index contributed by atoms with van der Waals surface area (Å²) in [7, 11) is -3.44. The Hall–Kier alpha value is -3.01. The highest BCUT2D eigenvalue weighted by Gasteiger charge is 2.21. The van der Waals surface area contributed by atoms with Crippen molar-refractivity contribution in [2.24, 2.45) is 0 Å². The topological polar surface area (TPSA) is 97.5 Å². The van der Waals surface area contributed by atoms with Gasteiger partial charge in [-0.05, 0) is 29.8 Å². The molecule has 9 heteroatoms. The second-order valence-corrected chi connectivity index (χ2v) is 9.46. The first-order valence-electron chi connectivity index (χ1n) is 10.0. The molecular weight excluding hydrogens is 416 g/mol. The zero-order valence-electron chi connectivity index (χ0n) is 17.0. The Bertz CT molecular complexity index is 1390. The maximum Gasteiger partial charge on any atom is 0.236 e. The molecule has 1 N–H and O–H groups in total. The number of hydrogen-bond acceptors (Lipinski definition) is 7. The van der Waals surface area contributed by atoms with E-state index in [-0.39, 0.29) is 6.61 Å². The molecule has 8 nitrogen and oxygen atoms in total. The quantitative estimate of drug-likeness (QED) is 0.522. The third kappa shape index (κ3) is 3.54. The number of rotatable bonds is 4. The van der Waals surface area contributed by atoms with Gasteiger partial charge in [0.2, 0.25) is 10.0 Å². The molecule has 1 saturated heterocycles. The molecule has 160 valence electrons. The van der Waals surface area contributed by atoms with E-state index in [1.165, 1.54) is 10.2 Å². The Labute approximate surface area is 179 Å². The van der Waals surface area contributed by atoms with Crippen molar-refractivity contribution in [2.75, 3.05) is 37.5 Å². The largest absolute Gasteiger partial charge is 0.392 e. The highest BCUT2D eigenvalue weighted by Crippen LogP contribution is 2.33.